The first-order valence-electron chi connectivity index (χ1n) is 9.03. The molecule has 0 saturated heterocycles. The number of aliphatic hydroxyl groups excluding tert-OH is 1. The van der Waals surface area contributed by atoms with E-state index in [1.807, 2.05) is 12.1 Å². The van der Waals surface area contributed by atoms with E-state index in [1.165, 1.54) is 29.7 Å². The number of nitrogens with zero attached hydrogens (tertiary/aromatic N) is 1. The molecule has 0 amide bonds. The Kier molecular flexibility index (Phi) is 8.14. The number of alkyl halides is 3. The van der Waals surface area contributed by atoms with Crippen LogP contribution in [0.1, 0.15) is 35.6 Å². The summed E-state index contributed by atoms with van der Waals surface area (Å²) in [5.41, 5.74) is 9.83. The summed E-state index contributed by atoms with van der Waals surface area (Å²) < 4.78 is 40.4. The fourth-order valence-corrected chi connectivity index (χ4v) is 3.26. The SMILES string of the molecule is I.NC(=NCC(O)c1ccc(OC(F)(F)F)cc1)Nc1cccc2c1CCCC2. The topological polar surface area (TPSA) is 79.9 Å². The fourth-order valence-electron chi connectivity index (χ4n) is 3.26. The zero-order valence-electron chi connectivity index (χ0n) is 15.6. The van der Waals surface area contributed by atoms with Crippen LogP contribution in [-0.4, -0.2) is 24.0 Å². The second-order valence-corrected chi connectivity index (χ2v) is 6.63. The lowest BCUT2D eigenvalue weighted by Crippen LogP contribution is -2.25. The van der Waals surface area contributed by atoms with Crippen LogP contribution in [0.2, 0.25) is 0 Å². The number of nitrogens with two attached hydrogens (primary N) is 1. The van der Waals surface area contributed by atoms with Gasteiger partial charge in [-0.3, -0.25) is 4.99 Å². The fraction of sp³-hybridized carbons (Fsp3) is 0.350. The maximum atomic E-state index is 12.2. The Hall–Kier alpha value is -2.01. The van der Waals surface area contributed by atoms with Gasteiger partial charge in [0, 0.05) is 5.69 Å². The van der Waals surface area contributed by atoms with Crippen LogP contribution in [0.3, 0.4) is 0 Å². The number of aliphatic hydroxyl groups is 1. The molecular formula is C20H23F3IN3O2. The molecule has 0 saturated carbocycles. The van der Waals surface area contributed by atoms with Crippen LogP contribution in [0, 0.1) is 0 Å². The highest BCUT2D eigenvalue weighted by molar-refractivity contribution is 14.0. The molecule has 0 radical (unpaired) electrons. The van der Waals surface area contributed by atoms with Gasteiger partial charge in [0.05, 0.1) is 12.6 Å². The van der Waals surface area contributed by atoms with Gasteiger partial charge in [-0.25, -0.2) is 0 Å². The number of hydrogen-bond donors (Lipinski definition) is 3. The third kappa shape index (κ3) is 6.77. The van der Waals surface area contributed by atoms with Gasteiger partial charge in [-0.2, -0.15) is 0 Å². The Morgan fingerprint density at radius 3 is 2.52 bits per heavy atom. The standard InChI is InChI=1S/C20H22F3N3O2.HI/c21-20(22,23)28-15-10-8-14(9-11-15)18(27)12-25-19(24)26-17-7-3-5-13-4-1-2-6-16(13)17;/h3,5,7-11,18,27H,1-2,4,6,12H2,(H3,24,25,26);1H. The number of halogens is 4. The predicted octanol–water partition coefficient (Wildman–Crippen LogP) is 4.54. The second-order valence-electron chi connectivity index (χ2n) is 6.63. The quantitative estimate of drug-likeness (QED) is 0.307. The molecule has 1 aliphatic rings. The number of rotatable bonds is 5. The summed E-state index contributed by atoms with van der Waals surface area (Å²) in [5, 5.41) is 13.3. The minimum Gasteiger partial charge on any atom is -0.406 e. The van der Waals surface area contributed by atoms with Crippen LogP contribution in [0.15, 0.2) is 47.5 Å². The first kappa shape index (κ1) is 23.3. The second kappa shape index (κ2) is 10.1. The van der Waals surface area contributed by atoms with E-state index in [0.717, 1.165) is 37.1 Å². The molecule has 0 spiro atoms. The molecule has 0 aliphatic heterocycles. The van der Waals surface area contributed by atoms with Gasteiger partial charge in [0.1, 0.15) is 5.75 Å². The zero-order valence-corrected chi connectivity index (χ0v) is 17.9. The van der Waals surface area contributed by atoms with Crippen molar-refractivity contribution in [2.75, 3.05) is 11.9 Å². The number of fused-ring (bicyclic) bond motifs is 1. The molecule has 9 heteroatoms. The molecule has 2 aromatic rings. The molecule has 1 atom stereocenters. The number of anilines is 1. The molecule has 0 aromatic heterocycles. The molecule has 0 heterocycles. The van der Waals surface area contributed by atoms with Gasteiger partial charge in [-0.05, 0) is 60.6 Å². The average molecular weight is 521 g/mol. The number of ether oxygens (including phenoxy) is 1. The summed E-state index contributed by atoms with van der Waals surface area (Å²) in [5.74, 6) is -0.169. The van der Waals surface area contributed by atoms with Crippen LogP contribution in [0.5, 0.6) is 5.75 Å². The maximum absolute atomic E-state index is 12.2. The van der Waals surface area contributed by atoms with Gasteiger partial charge in [-0.1, -0.05) is 24.3 Å². The van der Waals surface area contributed by atoms with Crippen molar-refractivity contribution in [2.45, 2.75) is 38.1 Å². The van der Waals surface area contributed by atoms with Crippen LogP contribution >= 0.6 is 24.0 Å². The Balaban J connectivity index is 0.00000300. The Labute approximate surface area is 184 Å². The summed E-state index contributed by atoms with van der Waals surface area (Å²) in [4.78, 5) is 4.15. The van der Waals surface area contributed by atoms with Crippen molar-refractivity contribution < 1.29 is 23.0 Å². The highest BCUT2D eigenvalue weighted by atomic mass is 127. The van der Waals surface area contributed by atoms with Crippen molar-refractivity contribution >= 4 is 35.6 Å². The molecule has 5 nitrogen and oxygen atoms in total. The normalized spacial score (nSPS) is 15.1. The van der Waals surface area contributed by atoms with Crippen LogP contribution in [0.25, 0.3) is 0 Å². The van der Waals surface area contributed by atoms with E-state index >= 15 is 0 Å². The van der Waals surface area contributed by atoms with E-state index in [4.69, 9.17) is 5.73 Å². The van der Waals surface area contributed by atoms with E-state index in [1.54, 1.807) is 0 Å². The third-order valence-corrected chi connectivity index (χ3v) is 4.59. The molecule has 29 heavy (non-hydrogen) atoms. The smallest absolute Gasteiger partial charge is 0.406 e. The van der Waals surface area contributed by atoms with Gasteiger partial charge < -0.3 is 20.9 Å². The predicted molar refractivity (Wildman–Crippen MR) is 117 cm³/mol. The first-order valence-corrected chi connectivity index (χ1v) is 9.03. The molecule has 158 valence electrons. The number of nitrogens with one attached hydrogen (secondary N) is 1. The number of guanidine groups is 1. The third-order valence-electron chi connectivity index (χ3n) is 4.59. The number of aryl methyl sites for hydroxylation is 1. The Morgan fingerprint density at radius 2 is 1.83 bits per heavy atom. The molecule has 3 rings (SSSR count). The van der Waals surface area contributed by atoms with E-state index < -0.39 is 12.5 Å². The lowest BCUT2D eigenvalue weighted by Gasteiger charge is -2.20. The molecular weight excluding hydrogens is 498 g/mol. The summed E-state index contributed by atoms with van der Waals surface area (Å²) in [7, 11) is 0. The summed E-state index contributed by atoms with van der Waals surface area (Å²) in [6, 6.07) is 11.0. The van der Waals surface area contributed by atoms with E-state index in [-0.39, 0.29) is 42.2 Å². The number of hydrogen-bond acceptors (Lipinski definition) is 3. The largest absolute Gasteiger partial charge is 0.573 e. The van der Waals surface area contributed by atoms with Crippen LogP contribution < -0.4 is 15.8 Å². The van der Waals surface area contributed by atoms with Crippen molar-refractivity contribution in [3.8, 4) is 5.75 Å². The molecule has 1 unspecified atom stereocenters. The number of benzene rings is 2. The first-order chi connectivity index (χ1) is 13.3. The van der Waals surface area contributed by atoms with Gasteiger partial charge >= 0.3 is 6.36 Å². The van der Waals surface area contributed by atoms with E-state index in [0.29, 0.717) is 5.56 Å². The molecule has 1 aliphatic carbocycles. The monoisotopic (exact) mass is 521 g/mol. The van der Waals surface area contributed by atoms with Crippen molar-refractivity contribution in [3.63, 3.8) is 0 Å². The minimum absolute atomic E-state index is 0. The van der Waals surface area contributed by atoms with Crippen molar-refractivity contribution in [1.82, 2.24) is 0 Å². The molecule has 0 fully saturated rings. The van der Waals surface area contributed by atoms with Gasteiger partial charge in [-0.15, -0.1) is 37.1 Å². The summed E-state index contributed by atoms with van der Waals surface area (Å²) >= 11 is 0. The minimum atomic E-state index is -4.75. The maximum Gasteiger partial charge on any atom is 0.573 e. The average Bonchev–Trinajstić information content (AvgIpc) is 2.66. The Bertz CT molecular complexity index is 842. The van der Waals surface area contributed by atoms with Gasteiger partial charge in [0.15, 0.2) is 5.96 Å². The number of aliphatic imine (C=N–C) groups is 1. The molecule has 4 N–H and O–H groups in total. The van der Waals surface area contributed by atoms with E-state index in [9.17, 15) is 18.3 Å². The highest BCUT2D eigenvalue weighted by Crippen LogP contribution is 2.28. The molecule has 0 bridgehead atoms. The summed E-state index contributed by atoms with van der Waals surface area (Å²) in [6.45, 7) is -0.0205. The van der Waals surface area contributed by atoms with Gasteiger partial charge in [0.25, 0.3) is 0 Å². The van der Waals surface area contributed by atoms with Crippen molar-refractivity contribution in [2.24, 2.45) is 10.7 Å². The van der Waals surface area contributed by atoms with Crippen LogP contribution in [0.4, 0.5) is 18.9 Å². The highest BCUT2D eigenvalue weighted by Gasteiger charge is 2.31. The van der Waals surface area contributed by atoms with Crippen LogP contribution in [-0.2, 0) is 12.8 Å². The Morgan fingerprint density at radius 1 is 1.14 bits per heavy atom. The lowest BCUT2D eigenvalue weighted by atomic mass is 9.90. The molecule has 2 aromatic carbocycles. The van der Waals surface area contributed by atoms with Crippen molar-refractivity contribution in [1.29, 1.82) is 0 Å². The van der Waals surface area contributed by atoms with Crippen molar-refractivity contribution in [3.05, 3.63) is 59.2 Å². The zero-order chi connectivity index (χ0) is 20.1. The van der Waals surface area contributed by atoms with Gasteiger partial charge in [0.2, 0.25) is 0 Å². The van der Waals surface area contributed by atoms with E-state index in [2.05, 4.69) is 21.1 Å². The summed E-state index contributed by atoms with van der Waals surface area (Å²) in [6.07, 6.45) is -1.39. The lowest BCUT2D eigenvalue weighted by molar-refractivity contribution is -0.274.